The summed E-state index contributed by atoms with van der Waals surface area (Å²) < 4.78 is 33.6. The van der Waals surface area contributed by atoms with Gasteiger partial charge >= 0.3 is 0 Å². The van der Waals surface area contributed by atoms with Gasteiger partial charge in [0.15, 0.2) is 0 Å². The van der Waals surface area contributed by atoms with Crippen molar-refractivity contribution in [3.8, 4) is 0 Å². The molecule has 2 heterocycles. The van der Waals surface area contributed by atoms with Gasteiger partial charge in [-0.2, -0.15) is 4.31 Å². The number of methoxy groups -OCH3 is 1. The Balaban J connectivity index is 1.88. The van der Waals surface area contributed by atoms with Gasteiger partial charge in [-0.15, -0.1) is 0 Å². The number of piperidine rings is 1. The van der Waals surface area contributed by atoms with E-state index in [1.165, 1.54) is 4.31 Å². The lowest BCUT2D eigenvalue weighted by molar-refractivity contribution is -0.126. The van der Waals surface area contributed by atoms with E-state index < -0.39 is 10.0 Å². The predicted octanol–water partition coefficient (Wildman–Crippen LogP) is 1.21. The standard InChI is InChI=1S/C17H29N3O4S/c1-17(2,13-24-4)12-18-16(21)14-5-9-20(10-6-14)25(22,23)15-7-8-19(3)11-15/h7-8,11,14H,5-6,9-10,12-13H2,1-4H3,(H,18,21). The highest BCUT2D eigenvalue weighted by atomic mass is 32.2. The minimum atomic E-state index is -3.47. The maximum atomic E-state index is 12.6. The number of aromatic nitrogens is 1. The van der Waals surface area contributed by atoms with Crippen LogP contribution in [0, 0.1) is 11.3 Å². The molecule has 1 saturated heterocycles. The Morgan fingerprint density at radius 1 is 1.36 bits per heavy atom. The van der Waals surface area contributed by atoms with Crippen LogP contribution in [0.25, 0.3) is 0 Å². The second kappa shape index (κ2) is 7.88. The molecule has 0 saturated carbocycles. The molecule has 1 aliphatic heterocycles. The highest BCUT2D eigenvalue weighted by molar-refractivity contribution is 7.89. The van der Waals surface area contributed by atoms with Gasteiger partial charge in [-0.05, 0) is 18.9 Å². The van der Waals surface area contributed by atoms with Crippen LogP contribution in [0.5, 0.6) is 0 Å². The molecule has 0 unspecified atom stereocenters. The van der Waals surface area contributed by atoms with Crippen LogP contribution in [-0.2, 0) is 26.6 Å². The van der Waals surface area contributed by atoms with Gasteiger partial charge in [0.05, 0.1) is 11.5 Å². The van der Waals surface area contributed by atoms with Crippen molar-refractivity contribution in [1.29, 1.82) is 0 Å². The Morgan fingerprint density at radius 2 is 2.00 bits per heavy atom. The number of hydrogen-bond acceptors (Lipinski definition) is 4. The second-order valence-electron chi connectivity index (χ2n) is 7.51. The summed E-state index contributed by atoms with van der Waals surface area (Å²) in [4.78, 5) is 12.7. The Kier molecular flexibility index (Phi) is 6.29. The molecule has 1 amide bonds. The molecule has 1 fully saturated rings. The van der Waals surface area contributed by atoms with E-state index >= 15 is 0 Å². The molecule has 1 aromatic heterocycles. The SMILES string of the molecule is COCC(C)(C)CNC(=O)C1CCN(S(=O)(=O)c2ccn(C)c2)CC1. The predicted molar refractivity (Wildman–Crippen MR) is 95.6 cm³/mol. The molecule has 1 N–H and O–H groups in total. The lowest BCUT2D eigenvalue weighted by Crippen LogP contribution is -2.45. The quantitative estimate of drug-likeness (QED) is 0.781. The van der Waals surface area contributed by atoms with Gasteiger partial charge in [0, 0.05) is 57.5 Å². The summed E-state index contributed by atoms with van der Waals surface area (Å²) in [5.74, 6) is -0.137. The van der Waals surface area contributed by atoms with E-state index in [0.717, 1.165) is 0 Å². The van der Waals surface area contributed by atoms with Crippen molar-refractivity contribution in [1.82, 2.24) is 14.2 Å². The Labute approximate surface area is 150 Å². The van der Waals surface area contributed by atoms with Crippen molar-refractivity contribution in [3.63, 3.8) is 0 Å². The molecule has 142 valence electrons. The van der Waals surface area contributed by atoms with Gasteiger partial charge < -0.3 is 14.6 Å². The summed E-state index contributed by atoms with van der Waals surface area (Å²) in [5, 5.41) is 2.98. The first-order chi connectivity index (χ1) is 11.7. The van der Waals surface area contributed by atoms with Crippen molar-refractivity contribution in [2.24, 2.45) is 18.4 Å². The topological polar surface area (TPSA) is 80.6 Å². The van der Waals surface area contributed by atoms with Crippen LogP contribution in [0.1, 0.15) is 26.7 Å². The number of nitrogens with zero attached hydrogens (tertiary/aromatic N) is 2. The summed E-state index contributed by atoms with van der Waals surface area (Å²) in [5.41, 5.74) is -0.123. The number of rotatable bonds is 7. The average molecular weight is 372 g/mol. The van der Waals surface area contributed by atoms with Gasteiger partial charge in [-0.1, -0.05) is 13.8 Å². The summed E-state index contributed by atoms with van der Waals surface area (Å²) >= 11 is 0. The molecular formula is C17H29N3O4S. The molecule has 0 aromatic carbocycles. The van der Waals surface area contributed by atoms with E-state index in [-0.39, 0.29) is 17.2 Å². The molecule has 1 aromatic rings. The smallest absolute Gasteiger partial charge is 0.244 e. The van der Waals surface area contributed by atoms with E-state index in [4.69, 9.17) is 4.74 Å². The largest absolute Gasteiger partial charge is 0.384 e. The molecule has 0 atom stereocenters. The van der Waals surface area contributed by atoms with Crippen LogP contribution in [0.2, 0.25) is 0 Å². The van der Waals surface area contributed by atoms with E-state index in [0.29, 0.717) is 44.0 Å². The molecule has 25 heavy (non-hydrogen) atoms. The fourth-order valence-corrected chi connectivity index (χ4v) is 4.57. The van der Waals surface area contributed by atoms with E-state index in [1.807, 2.05) is 13.8 Å². The molecular weight excluding hydrogens is 342 g/mol. The van der Waals surface area contributed by atoms with Crippen molar-refractivity contribution in [2.75, 3.05) is 33.4 Å². The van der Waals surface area contributed by atoms with Crippen molar-refractivity contribution in [3.05, 3.63) is 18.5 Å². The average Bonchev–Trinajstić information content (AvgIpc) is 3.00. The third-order valence-electron chi connectivity index (χ3n) is 4.54. The van der Waals surface area contributed by atoms with Gasteiger partial charge in [0.25, 0.3) is 0 Å². The molecule has 0 spiro atoms. The zero-order valence-corrected chi connectivity index (χ0v) is 16.3. The van der Waals surface area contributed by atoms with Crippen molar-refractivity contribution >= 4 is 15.9 Å². The fraction of sp³-hybridized carbons (Fsp3) is 0.706. The van der Waals surface area contributed by atoms with Gasteiger partial charge in [-0.3, -0.25) is 4.79 Å². The van der Waals surface area contributed by atoms with Gasteiger partial charge in [0.1, 0.15) is 0 Å². The summed E-state index contributed by atoms with van der Waals surface area (Å²) in [6, 6.07) is 1.60. The Bertz CT molecular complexity index is 689. The normalized spacial score (nSPS) is 17.6. The summed E-state index contributed by atoms with van der Waals surface area (Å²) in [7, 11) is -0.0313. The van der Waals surface area contributed by atoms with Gasteiger partial charge in [0.2, 0.25) is 15.9 Å². The number of hydrogen-bond donors (Lipinski definition) is 1. The molecule has 8 heteroatoms. The maximum Gasteiger partial charge on any atom is 0.244 e. The molecule has 0 bridgehead atoms. The second-order valence-corrected chi connectivity index (χ2v) is 9.44. The molecule has 1 aliphatic rings. The third-order valence-corrected chi connectivity index (χ3v) is 6.43. The number of carbonyl (C=O) groups excluding carboxylic acids is 1. The van der Waals surface area contributed by atoms with Crippen LogP contribution >= 0.6 is 0 Å². The molecule has 0 aliphatic carbocycles. The lowest BCUT2D eigenvalue weighted by Gasteiger charge is -2.31. The minimum Gasteiger partial charge on any atom is -0.384 e. The van der Waals surface area contributed by atoms with E-state index in [9.17, 15) is 13.2 Å². The van der Waals surface area contributed by atoms with Gasteiger partial charge in [-0.25, -0.2) is 8.42 Å². The highest BCUT2D eigenvalue weighted by Gasteiger charge is 2.32. The monoisotopic (exact) mass is 371 g/mol. The van der Waals surface area contributed by atoms with E-state index in [1.54, 1.807) is 37.2 Å². The zero-order valence-electron chi connectivity index (χ0n) is 15.5. The van der Waals surface area contributed by atoms with Crippen LogP contribution in [0.15, 0.2) is 23.4 Å². The Morgan fingerprint density at radius 3 is 2.52 bits per heavy atom. The number of sulfonamides is 1. The minimum absolute atomic E-state index is 0.000868. The van der Waals surface area contributed by atoms with Crippen LogP contribution < -0.4 is 5.32 Å². The van der Waals surface area contributed by atoms with Crippen LogP contribution in [-0.4, -0.2) is 56.5 Å². The Hall–Kier alpha value is -1.38. The first-order valence-electron chi connectivity index (χ1n) is 8.54. The zero-order chi connectivity index (χ0) is 18.7. The first-order valence-corrected chi connectivity index (χ1v) is 9.98. The number of amides is 1. The van der Waals surface area contributed by atoms with Crippen LogP contribution in [0.3, 0.4) is 0 Å². The third kappa shape index (κ3) is 5.05. The molecule has 7 nitrogen and oxygen atoms in total. The number of nitrogens with one attached hydrogen (secondary N) is 1. The molecule has 2 rings (SSSR count). The first kappa shape index (κ1) is 19.9. The lowest BCUT2D eigenvalue weighted by atomic mass is 9.93. The summed E-state index contributed by atoms with van der Waals surface area (Å²) in [6.07, 6.45) is 4.41. The molecule has 0 radical (unpaired) electrons. The number of carbonyl (C=O) groups is 1. The number of aryl methyl sites for hydroxylation is 1. The summed E-state index contributed by atoms with van der Waals surface area (Å²) in [6.45, 7) is 5.93. The maximum absolute atomic E-state index is 12.6. The van der Waals surface area contributed by atoms with Crippen LogP contribution in [0.4, 0.5) is 0 Å². The van der Waals surface area contributed by atoms with Crippen molar-refractivity contribution < 1.29 is 17.9 Å². The number of ether oxygens (including phenoxy) is 1. The van der Waals surface area contributed by atoms with E-state index in [2.05, 4.69) is 5.32 Å². The van der Waals surface area contributed by atoms with Crippen molar-refractivity contribution in [2.45, 2.75) is 31.6 Å². The highest BCUT2D eigenvalue weighted by Crippen LogP contribution is 2.24. The fourth-order valence-electron chi connectivity index (χ4n) is 3.05.